The highest BCUT2D eigenvalue weighted by molar-refractivity contribution is 7.90. The number of hydrogen-bond donors (Lipinski definition) is 2. The smallest absolute Gasteiger partial charge is 0.327 e. The number of sulfone groups is 1. The van der Waals surface area contributed by atoms with E-state index < -0.39 is 21.6 Å². The molecule has 0 aliphatic carbocycles. The molecule has 2 heterocycles. The van der Waals surface area contributed by atoms with E-state index in [4.69, 9.17) is 5.73 Å². The van der Waals surface area contributed by atoms with Gasteiger partial charge in [0.15, 0.2) is 15.7 Å². The fourth-order valence-corrected chi connectivity index (χ4v) is 3.18. The normalized spacial score (nSPS) is 11.4. The first kappa shape index (κ1) is 20.5. The van der Waals surface area contributed by atoms with Gasteiger partial charge in [0.25, 0.3) is 6.08 Å². The third-order valence-electron chi connectivity index (χ3n) is 4.07. The molecule has 3 N–H and O–H groups in total. The molecule has 9 nitrogen and oxygen atoms in total. The Kier molecular flexibility index (Phi) is 5.66. The number of halogens is 2. The Morgan fingerprint density at radius 2 is 1.86 bits per heavy atom. The Morgan fingerprint density at radius 3 is 2.38 bits per heavy atom. The van der Waals surface area contributed by atoms with Crippen molar-refractivity contribution in [2.24, 2.45) is 5.73 Å². The van der Waals surface area contributed by atoms with E-state index in [0.717, 1.165) is 10.8 Å². The molecule has 0 aliphatic rings. The maximum Gasteiger partial charge on any atom is 0.349 e. The number of aromatic nitrogens is 5. The lowest BCUT2D eigenvalue weighted by atomic mass is 10.2. The largest absolute Gasteiger partial charge is 0.349 e. The molecule has 29 heavy (non-hydrogen) atoms. The number of aromatic amines is 1. The van der Waals surface area contributed by atoms with Gasteiger partial charge in [0.1, 0.15) is 5.82 Å². The molecule has 3 aromatic rings. The Balaban J connectivity index is 1.93. The molecule has 0 bridgehead atoms. The number of rotatable bonds is 6. The molecule has 1 aromatic carbocycles. The number of hydrogen-bond acceptors (Lipinski definition) is 7. The van der Waals surface area contributed by atoms with Crippen LogP contribution in [0.15, 0.2) is 58.0 Å². The zero-order valence-corrected chi connectivity index (χ0v) is 15.9. The fourth-order valence-electron chi connectivity index (χ4n) is 2.55. The summed E-state index contributed by atoms with van der Waals surface area (Å²) in [6.45, 7) is -0.378. The summed E-state index contributed by atoms with van der Waals surface area (Å²) in [6.07, 6.45) is 1.53. The lowest BCUT2D eigenvalue weighted by Crippen LogP contribution is -2.19. The van der Waals surface area contributed by atoms with Crippen LogP contribution in [0.3, 0.4) is 0 Å². The third kappa shape index (κ3) is 4.43. The Labute approximate surface area is 163 Å². The highest BCUT2D eigenvalue weighted by Gasteiger charge is 2.16. The van der Waals surface area contributed by atoms with E-state index in [1.807, 2.05) is 0 Å². The number of nitrogens with zero attached hydrogens (tertiary/aromatic N) is 4. The summed E-state index contributed by atoms with van der Waals surface area (Å²) in [6, 6.07) is 6.06. The highest BCUT2D eigenvalue weighted by Crippen LogP contribution is 2.20. The molecule has 0 radical (unpaired) electrons. The average molecular weight is 422 g/mol. The minimum atomic E-state index is -3.32. The zero-order valence-electron chi connectivity index (χ0n) is 15.1. The summed E-state index contributed by atoms with van der Waals surface area (Å²) < 4.78 is 49.9. The SMILES string of the molecule is CS(=O)(=O)c1ccc(-c2cnc(-n3c(CC(CN)=C(F)F)n[nH]c3=O)cn2)cc1. The first-order valence-electron chi connectivity index (χ1n) is 8.23. The van der Waals surface area contributed by atoms with Crippen LogP contribution in [0.25, 0.3) is 17.1 Å². The topological polar surface area (TPSA) is 137 Å². The van der Waals surface area contributed by atoms with Crippen LogP contribution in [0.2, 0.25) is 0 Å². The first-order chi connectivity index (χ1) is 13.7. The van der Waals surface area contributed by atoms with Gasteiger partial charge in [-0.1, -0.05) is 12.1 Å². The van der Waals surface area contributed by atoms with Crippen LogP contribution in [0.5, 0.6) is 0 Å². The van der Waals surface area contributed by atoms with E-state index >= 15 is 0 Å². The van der Waals surface area contributed by atoms with Crippen LogP contribution in [-0.2, 0) is 16.3 Å². The van der Waals surface area contributed by atoms with Gasteiger partial charge >= 0.3 is 5.69 Å². The average Bonchev–Trinajstić information content (AvgIpc) is 3.05. The minimum absolute atomic E-state index is 0.0165. The van der Waals surface area contributed by atoms with Crippen LogP contribution in [0.4, 0.5) is 8.78 Å². The summed E-state index contributed by atoms with van der Waals surface area (Å²) >= 11 is 0. The Hall–Kier alpha value is -3.25. The summed E-state index contributed by atoms with van der Waals surface area (Å²) in [5.41, 5.74) is 5.36. The summed E-state index contributed by atoms with van der Waals surface area (Å²) in [5.74, 6) is 0.105. The van der Waals surface area contributed by atoms with E-state index in [0.29, 0.717) is 11.3 Å². The predicted molar refractivity (Wildman–Crippen MR) is 100 cm³/mol. The fraction of sp³-hybridized carbons (Fsp3) is 0.176. The molecule has 3 rings (SSSR count). The van der Waals surface area contributed by atoms with Crippen molar-refractivity contribution < 1.29 is 17.2 Å². The van der Waals surface area contributed by atoms with Gasteiger partial charge in [-0.15, -0.1) is 0 Å². The zero-order chi connectivity index (χ0) is 21.2. The standard InChI is InChI=1S/C17H16F2N6O3S/c1-29(27,28)12-4-2-10(3-5-12)13-8-22-15(9-21-13)25-14(23-24-17(25)26)6-11(7-20)16(18)19/h2-5,8-9H,6-7,20H2,1H3,(H,24,26). The Bertz CT molecular complexity index is 1210. The van der Waals surface area contributed by atoms with Gasteiger partial charge in [-0.3, -0.25) is 4.98 Å². The quantitative estimate of drug-likeness (QED) is 0.606. The maximum absolute atomic E-state index is 12.9. The number of benzene rings is 1. The van der Waals surface area contributed by atoms with Gasteiger partial charge in [0, 0.05) is 30.4 Å². The molecule has 0 saturated heterocycles. The van der Waals surface area contributed by atoms with Crippen LogP contribution in [0.1, 0.15) is 5.82 Å². The van der Waals surface area contributed by atoms with Crippen molar-refractivity contribution in [2.75, 3.05) is 12.8 Å². The lowest BCUT2D eigenvalue weighted by molar-refractivity contribution is 0.407. The number of H-pyrrole nitrogens is 1. The molecule has 0 spiro atoms. The second kappa shape index (κ2) is 8.01. The van der Waals surface area contributed by atoms with Crippen molar-refractivity contribution >= 4 is 9.84 Å². The summed E-state index contributed by atoms with van der Waals surface area (Å²) in [7, 11) is -3.32. The molecule has 12 heteroatoms. The molecule has 0 fully saturated rings. The van der Waals surface area contributed by atoms with E-state index in [1.165, 1.54) is 24.5 Å². The third-order valence-corrected chi connectivity index (χ3v) is 5.20. The number of nitrogens with two attached hydrogens (primary N) is 1. The van der Waals surface area contributed by atoms with Gasteiger partial charge in [0.05, 0.1) is 23.0 Å². The van der Waals surface area contributed by atoms with Crippen LogP contribution >= 0.6 is 0 Å². The summed E-state index contributed by atoms with van der Waals surface area (Å²) in [4.78, 5) is 20.6. The second-order valence-corrected chi connectivity index (χ2v) is 8.10. The molecule has 152 valence electrons. The second-order valence-electron chi connectivity index (χ2n) is 6.08. The van der Waals surface area contributed by atoms with Crippen LogP contribution in [-0.4, -0.2) is 46.0 Å². The van der Waals surface area contributed by atoms with E-state index in [1.54, 1.807) is 12.1 Å². The molecule has 0 atom stereocenters. The van der Waals surface area contributed by atoms with Gasteiger partial charge in [-0.2, -0.15) is 13.9 Å². The van der Waals surface area contributed by atoms with Crippen molar-refractivity contribution in [1.82, 2.24) is 24.7 Å². The van der Waals surface area contributed by atoms with Gasteiger partial charge in [-0.25, -0.2) is 27.9 Å². The summed E-state index contributed by atoms with van der Waals surface area (Å²) in [5, 5.41) is 5.95. The van der Waals surface area contributed by atoms with Crippen molar-refractivity contribution in [2.45, 2.75) is 11.3 Å². The van der Waals surface area contributed by atoms with Crippen molar-refractivity contribution in [3.05, 3.63) is 64.6 Å². The monoisotopic (exact) mass is 422 g/mol. The van der Waals surface area contributed by atoms with E-state index in [2.05, 4.69) is 20.2 Å². The first-order valence-corrected chi connectivity index (χ1v) is 10.1. The molecule has 0 amide bonds. The Morgan fingerprint density at radius 1 is 1.17 bits per heavy atom. The van der Waals surface area contributed by atoms with Crippen LogP contribution < -0.4 is 11.4 Å². The molecule has 2 aromatic heterocycles. The molecule has 0 saturated carbocycles. The lowest BCUT2D eigenvalue weighted by Gasteiger charge is -2.07. The van der Waals surface area contributed by atoms with Crippen LogP contribution in [0, 0.1) is 0 Å². The minimum Gasteiger partial charge on any atom is -0.327 e. The van der Waals surface area contributed by atoms with Crippen molar-refractivity contribution in [3.8, 4) is 17.1 Å². The predicted octanol–water partition coefficient (Wildman–Crippen LogP) is 1.07. The van der Waals surface area contributed by atoms with Gasteiger partial charge < -0.3 is 5.73 Å². The maximum atomic E-state index is 12.9. The van der Waals surface area contributed by atoms with Gasteiger partial charge in [-0.05, 0) is 12.1 Å². The number of nitrogens with one attached hydrogen (secondary N) is 1. The van der Waals surface area contributed by atoms with Gasteiger partial charge in [0.2, 0.25) is 0 Å². The van der Waals surface area contributed by atoms with Crippen molar-refractivity contribution in [1.29, 1.82) is 0 Å². The van der Waals surface area contributed by atoms with Crippen molar-refractivity contribution in [3.63, 3.8) is 0 Å². The van der Waals surface area contributed by atoms with E-state index in [9.17, 15) is 22.0 Å². The molecule has 0 aliphatic heterocycles. The van der Waals surface area contributed by atoms with E-state index in [-0.39, 0.29) is 35.1 Å². The molecule has 0 unspecified atom stereocenters. The highest BCUT2D eigenvalue weighted by atomic mass is 32.2. The molecular weight excluding hydrogens is 406 g/mol. The molecular formula is C17H16F2N6O3S.